The normalized spacial score (nSPS) is 16.0. The van der Waals surface area contributed by atoms with E-state index in [0.717, 1.165) is 16.7 Å². The quantitative estimate of drug-likeness (QED) is 0.712. The Morgan fingerprint density at radius 2 is 1.76 bits per heavy atom. The molecule has 156 valence electrons. The first kappa shape index (κ1) is 22.1. The number of rotatable bonds is 6. The largest absolute Gasteiger partial charge is 0.352 e. The molecule has 29 heavy (non-hydrogen) atoms. The standard InChI is InChI=1S/C21H24Cl2N2O3S/c1-15-2-4-16(5-3-15)14-29(27,28)25-10-8-17(9-11-25)21(26)24-13-18-6-7-19(22)12-20(18)23/h2-7,12,17H,8-11,13-14H2,1H3,(H,24,26). The summed E-state index contributed by atoms with van der Waals surface area (Å²) in [6, 6.07) is 12.7. The van der Waals surface area contributed by atoms with Crippen molar-refractivity contribution in [1.29, 1.82) is 0 Å². The number of piperidine rings is 1. The average molecular weight is 455 g/mol. The number of aryl methyl sites for hydroxylation is 1. The molecule has 0 unspecified atom stereocenters. The Labute approximate surface area is 182 Å². The Kier molecular flexibility index (Phi) is 7.22. The van der Waals surface area contributed by atoms with Crippen LogP contribution in [0.3, 0.4) is 0 Å². The second-order valence-corrected chi connectivity index (χ2v) is 10.2. The molecule has 0 atom stereocenters. The molecule has 1 amide bonds. The lowest BCUT2D eigenvalue weighted by Crippen LogP contribution is -2.43. The first-order chi connectivity index (χ1) is 13.7. The van der Waals surface area contributed by atoms with E-state index >= 15 is 0 Å². The molecule has 8 heteroatoms. The number of hydrogen-bond donors (Lipinski definition) is 1. The summed E-state index contributed by atoms with van der Waals surface area (Å²) >= 11 is 12.0. The van der Waals surface area contributed by atoms with Gasteiger partial charge in [-0.2, -0.15) is 0 Å². The minimum atomic E-state index is -3.39. The first-order valence-corrected chi connectivity index (χ1v) is 11.9. The van der Waals surface area contributed by atoms with Crippen molar-refractivity contribution in [1.82, 2.24) is 9.62 Å². The van der Waals surface area contributed by atoms with Gasteiger partial charge in [0.1, 0.15) is 0 Å². The number of amides is 1. The second-order valence-electron chi connectivity index (χ2n) is 7.37. The molecule has 1 N–H and O–H groups in total. The Morgan fingerprint density at radius 1 is 1.10 bits per heavy atom. The van der Waals surface area contributed by atoms with Gasteiger partial charge in [0.25, 0.3) is 0 Å². The molecule has 1 aliphatic heterocycles. The van der Waals surface area contributed by atoms with Crippen LogP contribution >= 0.6 is 23.2 Å². The number of nitrogens with one attached hydrogen (secondary N) is 1. The first-order valence-electron chi connectivity index (χ1n) is 9.49. The van der Waals surface area contributed by atoms with E-state index < -0.39 is 10.0 Å². The molecule has 2 aromatic rings. The summed E-state index contributed by atoms with van der Waals surface area (Å²) < 4.78 is 26.9. The summed E-state index contributed by atoms with van der Waals surface area (Å²) in [7, 11) is -3.39. The number of hydrogen-bond acceptors (Lipinski definition) is 3. The fourth-order valence-electron chi connectivity index (χ4n) is 3.37. The highest BCUT2D eigenvalue weighted by Crippen LogP contribution is 2.23. The van der Waals surface area contributed by atoms with Gasteiger partial charge in [-0.15, -0.1) is 0 Å². The maximum atomic E-state index is 12.7. The maximum absolute atomic E-state index is 12.7. The summed E-state index contributed by atoms with van der Waals surface area (Å²) in [6.45, 7) is 3.00. The molecule has 0 saturated carbocycles. The summed E-state index contributed by atoms with van der Waals surface area (Å²) in [5, 5.41) is 3.95. The van der Waals surface area contributed by atoms with Crippen LogP contribution in [0, 0.1) is 12.8 Å². The zero-order valence-corrected chi connectivity index (χ0v) is 18.5. The fraction of sp³-hybridized carbons (Fsp3) is 0.381. The third kappa shape index (κ3) is 5.95. The maximum Gasteiger partial charge on any atom is 0.223 e. The van der Waals surface area contributed by atoms with E-state index in [9.17, 15) is 13.2 Å². The number of sulfonamides is 1. The van der Waals surface area contributed by atoms with E-state index in [1.165, 1.54) is 4.31 Å². The number of benzene rings is 2. The van der Waals surface area contributed by atoms with Crippen LogP contribution in [0.1, 0.15) is 29.5 Å². The highest BCUT2D eigenvalue weighted by Gasteiger charge is 2.31. The molecule has 0 bridgehead atoms. The van der Waals surface area contributed by atoms with Gasteiger partial charge in [0, 0.05) is 35.6 Å². The van der Waals surface area contributed by atoms with Crippen LogP contribution in [0.15, 0.2) is 42.5 Å². The van der Waals surface area contributed by atoms with Crippen molar-refractivity contribution in [2.45, 2.75) is 32.1 Å². The monoisotopic (exact) mass is 454 g/mol. The molecule has 1 heterocycles. The lowest BCUT2D eigenvalue weighted by molar-refractivity contribution is -0.126. The van der Waals surface area contributed by atoms with Gasteiger partial charge in [-0.25, -0.2) is 12.7 Å². The van der Waals surface area contributed by atoms with Crippen molar-refractivity contribution >= 4 is 39.1 Å². The molecule has 3 rings (SSSR count). The van der Waals surface area contributed by atoms with Crippen LogP contribution in [0.25, 0.3) is 0 Å². The van der Waals surface area contributed by atoms with Crippen molar-refractivity contribution in [2.75, 3.05) is 13.1 Å². The SMILES string of the molecule is Cc1ccc(CS(=O)(=O)N2CCC(C(=O)NCc3ccc(Cl)cc3Cl)CC2)cc1. The smallest absolute Gasteiger partial charge is 0.223 e. The fourth-order valence-corrected chi connectivity index (χ4v) is 5.41. The predicted octanol–water partition coefficient (Wildman–Crippen LogP) is 4.16. The van der Waals surface area contributed by atoms with Gasteiger partial charge < -0.3 is 5.32 Å². The minimum absolute atomic E-state index is 0.0147. The molecule has 1 fully saturated rings. The van der Waals surface area contributed by atoms with E-state index in [0.29, 0.717) is 42.5 Å². The summed E-state index contributed by atoms with van der Waals surface area (Å²) in [5.74, 6) is -0.294. The number of nitrogens with zero attached hydrogens (tertiary/aromatic N) is 1. The van der Waals surface area contributed by atoms with Gasteiger partial charge in [0.15, 0.2) is 0 Å². The van der Waals surface area contributed by atoms with E-state index in [2.05, 4.69) is 5.32 Å². The summed E-state index contributed by atoms with van der Waals surface area (Å²) in [5.41, 5.74) is 2.66. The third-order valence-corrected chi connectivity index (χ3v) is 7.59. The minimum Gasteiger partial charge on any atom is -0.352 e. The van der Waals surface area contributed by atoms with Crippen molar-refractivity contribution in [3.05, 3.63) is 69.2 Å². The predicted molar refractivity (Wildman–Crippen MR) is 116 cm³/mol. The van der Waals surface area contributed by atoms with Crippen LogP contribution in [-0.4, -0.2) is 31.7 Å². The zero-order chi connectivity index (χ0) is 21.0. The highest BCUT2D eigenvalue weighted by atomic mass is 35.5. The lowest BCUT2D eigenvalue weighted by atomic mass is 9.97. The number of halogens is 2. The van der Waals surface area contributed by atoms with Gasteiger partial charge in [-0.1, -0.05) is 59.1 Å². The van der Waals surface area contributed by atoms with Crippen LogP contribution in [0.4, 0.5) is 0 Å². The number of carbonyl (C=O) groups is 1. The molecule has 1 aliphatic rings. The third-order valence-electron chi connectivity index (χ3n) is 5.16. The van der Waals surface area contributed by atoms with Crippen LogP contribution in [-0.2, 0) is 27.1 Å². The van der Waals surface area contributed by atoms with Gasteiger partial charge >= 0.3 is 0 Å². The second kappa shape index (κ2) is 9.47. The Bertz CT molecular complexity index is 970. The van der Waals surface area contributed by atoms with E-state index in [-0.39, 0.29) is 17.6 Å². The molecule has 0 aliphatic carbocycles. The van der Waals surface area contributed by atoms with Crippen molar-refractivity contribution < 1.29 is 13.2 Å². The topological polar surface area (TPSA) is 66.5 Å². The Morgan fingerprint density at radius 3 is 2.38 bits per heavy atom. The van der Waals surface area contributed by atoms with Gasteiger partial charge in [0.2, 0.25) is 15.9 Å². The molecular weight excluding hydrogens is 431 g/mol. The molecular formula is C21H24Cl2N2O3S. The molecule has 0 aromatic heterocycles. The van der Waals surface area contributed by atoms with Crippen LogP contribution in [0.5, 0.6) is 0 Å². The van der Waals surface area contributed by atoms with Crippen molar-refractivity contribution in [3.8, 4) is 0 Å². The van der Waals surface area contributed by atoms with E-state index in [1.807, 2.05) is 31.2 Å². The van der Waals surface area contributed by atoms with Gasteiger partial charge in [0.05, 0.1) is 5.75 Å². The van der Waals surface area contributed by atoms with Crippen LogP contribution < -0.4 is 5.32 Å². The van der Waals surface area contributed by atoms with Gasteiger partial charge in [-0.05, 0) is 43.0 Å². The molecule has 5 nitrogen and oxygen atoms in total. The molecule has 1 saturated heterocycles. The highest BCUT2D eigenvalue weighted by molar-refractivity contribution is 7.88. The molecule has 0 spiro atoms. The average Bonchev–Trinajstić information content (AvgIpc) is 2.69. The summed E-state index contributed by atoms with van der Waals surface area (Å²) in [4.78, 5) is 12.5. The molecule has 2 aromatic carbocycles. The van der Waals surface area contributed by atoms with Gasteiger partial charge in [-0.3, -0.25) is 4.79 Å². The lowest BCUT2D eigenvalue weighted by Gasteiger charge is -2.30. The van der Waals surface area contributed by atoms with Crippen molar-refractivity contribution in [2.24, 2.45) is 5.92 Å². The molecule has 0 radical (unpaired) electrons. The van der Waals surface area contributed by atoms with Crippen LogP contribution in [0.2, 0.25) is 10.0 Å². The van der Waals surface area contributed by atoms with E-state index in [1.54, 1.807) is 18.2 Å². The summed E-state index contributed by atoms with van der Waals surface area (Å²) in [6.07, 6.45) is 1.01. The van der Waals surface area contributed by atoms with Crippen molar-refractivity contribution in [3.63, 3.8) is 0 Å². The van der Waals surface area contributed by atoms with E-state index in [4.69, 9.17) is 23.2 Å². The zero-order valence-electron chi connectivity index (χ0n) is 16.2. The Hall–Kier alpha value is -1.60. The number of carbonyl (C=O) groups excluding carboxylic acids is 1. The Balaban J connectivity index is 1.51.